The van der Waals surface area contributed by atoms with Crippen LogP contribution in [-0.2, 0) is 16.0 Å². The number of hydrogen-bond acceptors (Lipinski definition) is 3. The monoisotopic (exact) mass is 409 g/mol. The molecule has 5 rings (SSSR count). The molecule has 0 bridgehead atoms. The van der Waals surface area contributed by atoms with Gasteiger partial charge in [-0.1, -0.05) is 43.9 Å². The third-order valence-electron chi connectivity index (χ3n) is 8.02. The second kappa shape index (κ2) is 8.70. The zero-order valence-electron chi connectivity index (χ0n) is 18.1. The van der Waals surface area contributed by atoms with Crippen molar-refractivity contribution in [3.63, 3.8) is 0 Å². The molecule has 5 nitrogen and oxygen atoms in total. The number of carbonyl (C=O) groups excluding carboxylic acids is 2. The molecule has 0 N–H and O–H groups in total. The fraction of sp³-hybridized carbons (Fsp3) is 0.680. The summed E-state index contributed by atoms with van der Waals surface area (Å²) < 4.78 is 0. The number of para-hydroxylation sites is 1. The SMILES string of the molecule is O=C(C1CCCCC1C(=O)N1CCc2ccccc21)N1CCN(C2CCCC2)CC1. The Morgan fingerprint density at radius 3 is 2.10 bits per heavy atom. The van der Waals surface area contributed by atoms with E-state index in [9.17, 15) is 9.59 Å². The number of carbonyl (C=O) groups is 2. The van der Waals surface area contributed by atoms with Gasteiger partial charge in [-0.3, -0.25) is 14.5 Å². The third-order valence-corrected chi connectivity index (χ3v) is 8.02. The van der Waals surface area contributed by atoms with E-state index < -0.39 is 0 Å². The van der Waals surface area contributed by atoms with E-state index in [1.807, 2.05) is 17.0 Å². The molecule has 1 aromatic rings. The van der Waals surface area contributed by atoms with Gasteiger partial charge in [0.15, 0.2) is 0 Å². The van der Waals surface area contributed by atoms with Gasteiger partial charge in [0.1, 0.15) is 0 Å². The Labute approximate surface area is 180 Å². The van der Waals surface area contributed by atoms with Crippen LogP contribution in [0.3, 0.4) is 0 Å². The quantitative estimate of drug-likeness (QED) is 0.768. The molecule has 2 amide bonds. The Bertz CT molecular complexity index is 780. The lowest BCUT2D eigenvalue weighted by Crippen LogP contribution is -2.54. The first kappa shape index (κ1) is 20.0. The molecule has 162 valence electrons. The number of piperazine rings is 1. The van der Waals surface area contributed by atoms with E-state index in [0.717, 1.165) is 76.6 Å². The third kappa shape index (κ3) is 3.77. The molecule has 2 unspecified atom stereocenters. The summed E-state index contributed by atoms with van der Waals surface area (Å²) >= 11 is 0. The number of rotatable bonds is 3. The van der Waals surface area contributed by atoms with Crippen LogP contribution in [0.4, 0.5) is 5.69 Å². The van der Waals surface area contributed by atoms with Crippen molar-refractivity contribution in [2.24, 2.45) is 11.8 Å². The van der Waals surface area contributed by atoms with Crippen LogP contribution >= 0.6 is 0 Å². The highest BCUT2D eigenvalue weighted by atomic mass is 16.2. The van der Waals surface area contributed by atoms with Gasteiger partial charge in [-0.25, -0.2) is 0 Å². The lowest BCUT2D eigenvalue weighted by Gasteiger charge is -2.41. The maximum Gasteiger partial charge on any atom is 0.230 e. The van der Waals surface area contributed by atoms with Gasteiger partial charge in [0.2, 0.25) is 11.8 Å². The van der Waals surface area contributed by atoms with Gasteiger partial charge in [-0.2, -0.15) is 0 Å². The highest BCUT2D eigenvalue weighted by Gasteiger charge is 2.41. The van der Waals surface area contributed by atoms with Gasteiger partial charge in [0, 0.05) is 50.4 Å². The van der Waals surface area contributed by atoms with Crippen molar-refractivity contribution in [1.82, 2.24) is 9.80 Å². The summed E-state index contributed by atoms with van der Waals surface area (Å²) in [6.45, 7) is 4.43. The van der Waals surface area contributed by atoms with Crippen molar-refractivity contribution >= 4 is 17.5 Å². The summed E-state index contributed by atoms with van der Waals surface area (Å²) in [6, 6.07) is 8.97. The Morgan fingerprint density at radius 2 is 1.37 bits per heavy atom. The molecule has 2 heterocycles. The zero-order chi connectivity index (χ0) is 20.5. The summed E-state index contributed by atoms with van der Waals surface area (Å²) in [5.41, 5.74) is 2.32. The lowest BCUT2D eigenvalue weighted by atomic mass is 9.77. The molecule has 0 radical (unpaired) electrons. The van der Waals surface area contributed by atoms with E-state index in [4.69, 9.17) is 0 Å². The highest BCUT2D eigenvalue weighted by molar-refractivity contribution is 5.99. The highest BCUT2D eigenvalue weighted by Crippen LogP contribution is 2.37. The largest absolute Gasteiger partial charge is 0.340 e. The summed E-state index contributed by atoms with van der Waals surface area (Å²) in [5.74, 6) is 0.150. The average Bonchev–Trinajstić information content (AvgIpc) is 3.49. The first-order valence-corrected chi connectivity index (χ1v) is 12.1. The van der Waals surface area contributed by atoms with Crippen LogP contribution in [0.25, 0.3) is 0 Å². The van der Waals surface area contributed by atoms with Crippen LogP contribution in [-0.4, -0.2) is 60.4 Å². The molecule has 3 fully saturated rings. The fourth-order valence-electron chi connectivity index (χ4n) is 6.30. The van der Waals surface area contributed by atoms with Crippen LogP contribution < -0.4 is 4.90 Å². The van der Waals surface area contributed by atoms with Gasteiger partial charge in [-0.15, -0.1) is 0 Å². The molecule has 4 aliphatic rings. The van der Waals surface area contributed by atoms with E-state index in [2.05, 4.69) is 21.9 Å². The molecule has 2 aliphatic carbocycles. The maximum atomic E-state index is 13.5. The van der Waals surface area contributed by atoms with Crippen LogP contribution in [0.15, 0.2) is 24.3 Å². The number of benzene rings is 1. The van der Waals surface area contributed by atoms with Gasteiger partial charge in [-0.05, 0) is 43.7 Å². The van der Waals surface area contributed by atoms with Crippen molar-refractivity contribution in [1.29, 1.82) is 0 Å². The normalized spacial score (nSPS) is 28.0. The maximum absolute atomic E-state index is 13.5. The zero-order valence-corrected chi connectivity index (χ0v) is 18.1. The molecular formula is C25H35N3O2. The molecule has 0 aromatic heterocycles. The Hall–Kier alpha value is -1.88. The number of amides is 2. The smallest absolute Gasteiger partial charge is 0.230 e. The minimum atomic E-state index is -0.148. The van der Waals surface area contributed by atoms with Crippen molar-refractivity contribution in [2.75, 3.05) is 37.6 Å². The predicted octanol–water partition coefficient (Wildman–Crippen LogP) is 3.47. The lowest BCUT2D eigenvalue weighted by molar-refractivity contribution is -0.144. The fourth-order valence-corrected chi connectivity index (χ4v) is 6.30. The molecule has 5 heteroatoms. The summed E-state index contributed by atoms with van der Waals surface area (Å²) in [6.07, 6.45) is 10.1. The van der Waals surface area contributed by atoms with Crippen molar-refractivity contribution in [3.05, 3.63) is 29.8 Å². The standard InChI is InChI=1S/C25H35N3O2/c29-24(27-17-15-26(16-18-27)20-8-2-3-9-20)21-10-4-5-11-22(21)25(30)28-14-13-19-7-1-6-12-23(19)28/h1,6-7,12,20-22H,2-5,8-11,13-18H2. The second-order valence-electron chi connectivity index (χ2n) is 9.67. The molecule has 1 saturated heterocycles. The van der Waals surface area contributed by atoms with Crippen LogP contribution in [0, 0.1) is 11.8 Å². The summed E-state index contributed by atoms with van der Waals surface area (Å²) in [7, 11) is 0. The Morgan fingerprint density at radius 1 is 0.733 bits per heavy atom. The van der Waals surface area contributed by atoms with Crippen molar-refractivity contribution in [3.8, 4) is 0 Å². The average molecular weight is 410 g/mol. The number of anilines is 1. The van der Waals surface area contributed by atoms with E-state index >= 15 is 0 Å². The van der Waals surface area contributed by atoms with E-state index in [-0.39, 0.29) is 23.7 Å². The second-order valence-corrected chi connectivity index (χ2v) is 9.67. The topological polar surface area (TPSA) is 43.9 Å². The minimum Gasteiger partial charge on any atom is -0.340 e. The van der Waals surface area contributed by atoms with E-state index in [1.54, 1.807) is 0 Å². The number of fused-ring (bicyclic) bond motifs is 1. The Kier molecular flexibility index (Phi) is 5.81. The van der Waals surface area contributed by atoms with Crippen molar-refractivity contribution < 1.29 is 9.59 Å². The molecule has 2 atom stereocenters. The van der Waals surface area contributed by atoms with Crippen LogP contribution in [0.1, 0.15) is 56.9 Å². The first-order valence-electron chi connectivity index (χ1n) is 12.1. The van der Waals surface area contributed by atoms with Crippen molar-refractivity contribution in [2.45, 2.75) is 63.8 Å². The number of nitrogens with zero attached hydrogens (tertiary/aromatic N) is 3. The number of hydrogen-bond donors (Lipinski definition) is 0. The van der Waals surface area contributed by atoms with E-state index in [1.165, 1.54) is 31.2 Å². The van der Waals surface area contributed by atoms with Gasteiger partial charge >= 0.3 is 0 Å². The molecule has 30 heavy (non-hydrogen) atoms. The molecule has 1 aromatic carbocycles. The molecule has 2 saturated carbocycles. The summed E-state index contributed by atoms with van der Waals surface area (Å²) in [5, 5.41) is 0. The summed E-state index contributed by atoms with van der Waals surface area (Å²) in [4.78, 5) is 33.7. The molecular weight excluding hydrogens is 374 g/mol. The van der Waals surface area contributed by atoms with Crippen LogP contribution in [0.5, 0.6) is 0 Å². The molecule has 0 spiro atoms. The minimum absolute atomic E-state index is 0.128. The van der Waals surface area contributed by atoms with Gasteiger partial charge in [0.25, 0.3) is 0 Å². The predicted molar refractivity (Wildman–Crippen MR) is 118 cm³/mol. The van der Waals surface area contributed by atoms with E-state index in [0.29, 0.717) is 0 Å². The van der Waals surface area contributed by atoms with Gasteiger partial charge in [0.05, 0.1) is 5.92 Å². The molecule has 2 aliphatic heterocycles. The van der Waals surface area contributed by atoms with Crippen LogP contribution in [0.2, 0.25) is 0 Å². The Balaban J connectivity index is 1.25. The van der Waals surface area contributed by atoms with Gasteiger partial charge < -0.3 is 9.80 Å². The first-order chi connectivity index (χ1) is 14.7.